The second kappa shape index (κ2) is 5.73. The molecule has 2 N–H and O–H groups in total. The van der Waals surface area contributed by atoms with Gasteiger partial charge in [-0.2, -0.15) is 5.10 Å². The van der Waals surface area contributed by atoms with E-state index in [1.165, 1.54) is 0 Å². The third-order valence-corrected chi connectivity index (χ3v) is 4.39. The van der Waals surface area contributed by atoms with Gasteiger partial charge in [0.05, 0.1) is 22.7 Å². The number of carbonyl (C=O) groups excluding carboxylic acids is 1. The number of fused-ring (bicyclic) bond motifs is 2. The SMILES string of the molecule is CC(C)c1nc2cc(C(=O)Nc3ccc4cn[nH]c4c3)ccc2n1C. The molecule has 0 unspecified atom stereocenters. The maximum absolute atomic E-state index is 12.6. The van der Waals surface area contributed by atoms with Crippen molar-refractivity contribution >= 4 is 33.5 Å². The average Bonchev–Trinajstić information content (AvgIpc) is 3.18. The van der Waals surface area contributed by atoms with Crippen molar-refractivity contribution in [2.45, 2.75) is 19.8 Å². The standard InChI is InChI=1S/C19H19N5O/c1-11(2)18-22-16-8-12(5-7-17(16)24(18)3)19(25)21-14-6-4-13-10-20-23-15(13)9-14/h4-11H,1-3H3,(H,20,23)(H,21,25). The number of carbonyl (C=O) groups is 1. The minimum atomic E-state index is -0.155. The van der Waals surface area contributed by atoms with Crippen LogP contribution in [0.4, 0.5) is 5.69 Å². The number of nitrogens with zero attached hydrogens (tertiary/aromatic N) is 3. The molecule has 1 amide bonds. The highest BCUT2D eigenvalue weighted by Gasteiger charge is 2.14. The molecule has 0 aliphatic rings. The number of rotatable bonds is 3. The molecule has 4 aromatic rings. The van der Waals surface area contributed by atoms with E-state index in [1.54, 1.807) is 6.20 Å². The summed E-state index contributed by atoms with van der Waals surface area (Å²) < 4.78 is 2.08. The van der Waals surface area contributed by atoms with E-state index in [-0.39, 0.29) is 5.91 Å². The zero-order chi connectivity index (χ0) is 17.6. The molecular weight excluding hydrogens is 314 g/mol. The Bertz CT molecular complexity index is 1090. The van der Waals surface area contributed by atoms with Crippen LogP contribution in [-0.4, -0.2) is 25.7 Å². The van der Waals surface area contributed by atoms with E-state index in [0.717, 1.165) is 33.4 Å². The highest BCUT2D eigenvalue weighted by Crippen LogP contribution is 2.22. The first kappa shape index (κ1) is 15.4. The molecule has 6 heteroatoms. The summed E-state index contributed by atoms with van der Waals surface area (Å²) in [5.74, 6) is 1.19. The first-order valence-electron chi connectivity index (χ1n) is 8.24. The van der Waals surface area contributed by atoms with Crippen molar-refractivity contribution in [3.05, 3.63) is 54.0 Å². The highest BCUT2D eigenvalue weighted by atomic mass is 16.1. The monoisotopic (exact) mass is 333 g/mol. The molecular formula is C19H19N5O. The van der Waals surface area contributed by atoms with Gasteiger partial charge in [0.2, 0.25) is 0 Å². The summed E-state index contributed by atoms with van der Waals surface area (Å²) in [6.45, 7) is 4.22. The van der Waals surface area contributed by atoms with Crippen LogP contribution in [0.25, 0.3) is 21.9 Å². The van der Waals surface area contributed by atoms with Gasteiger partial charge in [-0.3, -0.25) is 9.89 Å². The van der Waals surface area contributed by atoms with Crippen molar-refractivity contribution in [3.8, 4) is 0 Å². The molecule has 6 nitrogen and oxygen atoms in total. The van der Waals surface area contributed by atoms with Gasteiger partial charge in [0.1, 0.15) is 5.82 Å². The molecule has 0 fully saturated rings. The lowest BCUT2D eigenvalue weighted by Crippen LogP contribution is -2.11. The number of hydrogen-bond acceptors (Lipinski definition) is 3. The van der Waals surface area contributed by atoms with Crippen LogP contribution in [0.5, 0.6) is 0 Å². The fraction of sp³-hybridized carbons (Fsp3) is 0.211. The van der Waals surface area contributed by atoms with Gasteiger partial charge in [-0.05, 0) is 36.4 Å². The molecule has 0 bridgehead atoms. The normalized spacial score (nSPS) is 11.5. The van der Waals surface area contributed by atoms with Crippen LogP contribution in [0.1, 0.15) is 35.9 Å². The van der Waals surface area contributed by atoms with Crippen molar-refractivity contribution in [1.82, 2.24) is 19.7 Å². The molecule has 2 heterocycles. The van der Waals surface area contributed by atoms with Gasteiger partial charge in [0.25, 0.3) is 5.91 Å². The number of anilines is 1. The van der Waals surface area contributed by atoms with E-state index in [4.69, 9.17) is 0 Å². The van der Waals surface area contributed by atoms with Gasteiger partial charge in [-0.25, -0.2) is 4.98 Å². The summed E-state index contributed by atoms with van der Waals surface area (Å²) in [4.78, 5) is 17.3. The third kappa shape index (κ3) is 2.65. The van der Waals surface area contributed by atoms with Crippen LogP contribution in [-0.2, 0) is 7.05 Å². The van der Waals surface area contributed by atoms with Crippen molar-refractivity contribution in [3.63, 3.8) is 0 Å². The smallest absolute Gasteiger partial charge is 0.255 e. The Morgan fingerprint density at radius 1 is 1.20 bits per heavy atom. The number of aryl methyl sites for hydroxylation is 1. The second-order valence-electron chi connectivity index (χ2n) is 6.51. The van der Waals surface area contributed by atoms with Crippen LogP contribution < -0.4 is 5.32 Å². The second-order valence-corrected chi connectivity index (χ2v) is 6.51. The van der Waals surface area contributed by atoms with Crippen molar-refractivity contribution in [1.29, 1.82) is 0 Å². The predicted molar refractivity (Wildman–Crippen MR) is 98.8 cm³/mol. The van der Waals surface area contributed by atoms with Crippen molar-refractivity contribution < 1.29 is 4.79 Å². The Morgan fingerprint density at radius 3 is 2.84 bits per heavy atom. The maximum Gasteiger partial charge on any atom is 0.255 e. The Kier molecular flexibility index (Phi) is 3.53. The highest BCUT2D eigenvalue weighted by molar-refractivity contribution is 6.06. The van der Waals surface area contributed by atoms with Gasteiger partial charge in [-0.1, -0.05) is 13.8 Å². The lowest BCUT2D eigenvalue weighted by atomic mass is 10.1. The van der Waals surface area contributed by atoms with E-state index in [2.05, 4.69) is 38.9 Å². The Hall–Kier alpha value is -3.15. The van der Waals surface area contributed by atoms with Gasteiger partial charge < -0.3 is 9.88 Å². The molecule has 0 aliphatic carbocycles. The maximum atomic E-state index is 12.6. The molecule has 0 saturated carbocycles. The molecule has 126 valence electrons. The molecule has 4 rings (SSSR count). The zero-order valence-electron chi connectivity index (χ0n) is 14.4. The van der Waals surface area contributed by atoms with Gasteiger partial charge in [-0.15, -0.1) is 0 Å². The van der Waals surface area contributed by atoms with Gasteiger partial charge in [0.15, 0.2) is 0 Å². The number of hydrogen-bond donors (Lipinski definition) is 2. The fourth-order valence-corrected chi connectivity index (χ4v) is 3.09. The van der Waals surface area contributed by atoms with E-state index in [0.29, 0.717) is 11.5 Å². The summed E-state index contributed by atoms with van der Waals surface area (Å²) in [6, 6.07) is 11.3. The molecule has 0 radical (unpaired) electrons. The summed E-state index contributed by atoms with van der Waals surface area (Å²) in [5.41, 5.74) is 4.07. The number of imidazole rings is 1. The summed E-state index contributed by atoms with van der Waals surface area (Å²) in [5, 5.41) is 10.8. The van der Waals surface area contributed by atoms with E-state index >= 15 is 0 Å². The number of H-pyrrole nitrogens is 1. The van der Waals surface area contributed by atoms with Crippen LogP contribution in [0, 0.1) is 0 Å². The van der Waals surface area contributed by atoms with Crippen LogP contribution >= 0.6 is 0 Å². The predicted octanol–water partition coefficient (Wildman–Crippen LogP) is 3.83. The summed E-state index contributed by atoms with van der Waals surface area (Å²) in [7, 11) is 2.00. The van der Waals surface area contributed by atoms with E-state index in [1.807, 2.05) is 43.4 Å². The van der Waals surface area contributed by atoms with Gasteiger partial charge >= 0.3 is 0 Å². The first-order chi connectivity index (χ1) is 12.0. The van der Waals surface area contributed by atoms with Crippen molar-refractivity contribution in [2.75, 3.05) is 5.32 Å². The number of amides is 1. The van der Waals surface area contributed by atoms with E-state index in [9.17, 15) is 4.79 Å². The molecule has 0 atom stereocenters. The largest absolute Gasteiger partial charge is 0.331 e. The molecule has 0 spiro atoms. The number of aromatic nitrogens is 4. The lowest BCUT2D eigenvalue weighted by Gasteiger charge is -2.06. The minimum Gasteiger partial charge on any atom is -0.331 e. The lowest BCUT2D eigenvalue weighted by molar-refractivity contribution is 0.102. The third-order valence-electron chi connectivity index (χ3n) is 4.39. The molecule has 0 aliphatic heterocycles. The number of aromatic amines is 1. The molecule has 2 aromatic carbocycles. The molecule has 0 saturated heterocycles. The van der Waals surface area contributed by atoms with Crippen molar-refractivity contribution in [2.24, 2.45) is 7.05 Å². The quantitative estimate of drug-likeness (QED) is 0.598. The Balaban J connectivity index is 1.65. The van der Waals surface area contributed by atoms with E-state index < -0.39 is 0 Å². The topological polar surface area (TPSA) is 75.6 Å². The Morgan fingerprint density at radius 2 is 2.04 bits per heavy atom. The fourth-order valence-electron chi connectivity index (χ4n) is 3.09. The summed E-state index contributed by atoms with van der Waals surface area (Å²) in [6.07, 6.45) is 1.75. The molecule has 25 heavy (non-hydrogen) atoms. The van der Waals surface area contributed by atoms with Gasteiger partial charge in [0, 0.05) is 29.6 Å². The minimum absolute atomic E-state index is 0.155. The average molecular weight is 333 g/mol. The number of nitrogens with one attached hydrogen (secondary N) is 2. The zero-order valence-corrected chi connectivity index (χ0v) is 14.4. The summed E-state index contributed by atoms with van der Waals surface area (Å²) >= 11 is 0. The Labute approximate surface area is 144 Å². The first-order valence-corrected chi connectivity index (χ1v) is 8.24. The van der Waals surface area contributed by atoms with Crippen LogP contribution in [0.2, 0.25) is 0 Å². The van der Waals surface area contributed by atoms with Crippen LogP contribution in [0.3, 0.4) is 0 Å². The van der Waals surface area contributed by atoms with Crippen LogP contribution in [0.15, 0.2) is 42.6 Å². The number of benzene rings is 2. The molecule has 2 aromatic heterocycles.